The zero-order valence-electron chi connectivity index (χ0n) is 9.62. The van der Waals surface area contributed by atoms with Crippen LogP contribution in [-0.4, -0.2) is 3.21 Å². The quantitative estimate of drug-likeness (QED) is 0.793. The van der Waals surface area contributed by atoms with Crippen molar-refractivity contribution in [2.75, 3.05) is 0 Å². The molecule has 0 heterocycles. The Kier molecular flexibility index (Phi) is 3.66. The number of benzene rings is 2. The van der Waals surface area contributed by atoms with Crippen molar-refractivity contribution in [3.05, 3.63) is 70.8 Å². The molecular formula is C15H14Zr+2. The fourth-order valence-electron chi connectivity index (χ4n) is 1.78. The fraction of sp³-hybridized carbons (Fsp3) is 0.133. The van der Waals surface area contributed by atoms with Crippen LogP contribution in [0.4, 0.5) is 0 Å². The molecular weight excluding hydrogens is 271 g/mol. The molecule has 0 unspecified atom stereocenters. The minimum absolute atomic E-state index is 1.34. The Bertz CT molecular complexity index is 512. The van der Waals surface area contributed by atoms with Crippen LogP contribution in [0.2, 0.25) is 0 Å². The summed E-state index contributed by atoms with van der Waals surface area (Å²) in [6.07, 6.45) is 0. The molecule has 0 aliphatic carbocycles. The van der Waals surface area contributed by atoms with E-state index in [1.807, 2.05) is 0 Å². The number of rotatable bonds is 2. The average molecular weight is 286 g/mol. The first-order valence-electron chi connectivity index (χ1n) is 5.40. The molecule has 1 heteroatoms. The predicted octanol–water partition coefficient (Wildman–Crippen LogP) is 3.42. The molecule has 2 aromatic rings. The van der Waals surface area contributed by atoms with Crippen molar-refractivity contribution in [3.8, 4) is 0 Å². The molecule has 0 atom stereocenters. The van der Waals surface area contributed by atoms with E-state index < -0.39 is 0 Å². The second-order valence-electron chi connectivity index (χ2n) is 3.99. The van der Waals surface area contributed by atoms with Crippen LogP contribution in [0.25, 0.3) is 0 Å². The van der Waals surface area contributed by atoms with Crippen LogP contribution in [0.5, 0.6) is 0 Å². The Hall–Kier alpha value is -0.807. The third-order valence-electron chi connectivity index (χ3n) is 2.94. The molecule has 16 heavy (non-hydrogen) atoms. The van der Waals surface area contributed by atoms with Crippen molar-refractivity contribution in [1.29, 1.82) is 0 Å². The van der Waals surface area contributed by atoms with Gasteiger partial charge in [0.15, 0.2) is 0 Å². The molecule has 0 saturated heterocycles. The molecule has 2 aromatic carbocycles. The average Bonchev–Trinajstić information content (AvgIpc) is 2.33. The topological polar surface area (TPSA) is 0 Å². The first kappa shape index (κ1) is 11.7. The molecule has 0 nitrogen and oxygen atoms in total. The Balaban J connectivity index is 2.46. The summed E-state index contributed by atoms with van der Waals surface area (Å²) in [7, 11) is 0. The first-order valence-corrected chi connectivity index (χ1v) is 6.63. The van der Waals surface area contributed by atoms with Crippen LogP contribution in [0.1, 0.15) is 22.3 Å². The second-order valence-corrected chi connectivity index (χ2v) is 5.22. The Morgan fingerprint density at radius 1 is 0.875 bits per heavy atom. The van der Waals surface area contributed by atoms with Crippen LogP contribution in [0.3, 0.4) is 0 Å². The molecule has 2 rings (SSSR count). The molecule has 0 bridgehead atoms. The van der Waals surface area contributed by atoms with Crippen LogP contribution in [0.15, 0.2) is 48.5 Å². The Morgan fingerprint density at radius 2 is 1.56 bits per heavy atom. The normalized spacial score (nSPS) is 10.2. The van der Waals surface area contributed by atoms with E-state index in [4.69, 9.17) is 0 Å². The summed E-state index contributed by atoms with van der Waals surface area (Å²) in [6.45, 7) is 4.38. The summed E-state index contributed by atoms with van der Waals surface area (Å²) < 4.78 is 1.44. The second kappa shape index (κ2) is 5.02. The minimum atomic E-state index is 1.34. The van der Waals surface area contributed by atoms with Gasteiger partial charge in [-0.1, -0.05) is 0 Å². The van der Waals surface area contributed by atoms with E-state index in [1.165, 1.54) is 49.7 Å². The molecule has 0 aromatic heterocycles. The maximum absolute atomic E-state index is 2.22. The van der Waals surface area contributed by atoms with Crippen LogP contribution in [0, 0.1) is 13.8 Å². The van der Waals surface area contributed by atoms with Gasteiger partial charge >= 0.3 is 112 Å². The van der Waals surface area contributed by atoms with Crippen molar-refractivity contribution >= 4 is 3.21 Å². The van der Waals surface area contributed by atoms with Crippen LogP contribution in [-0.2, 0) is 24.2 Å². The van der Waals surface area contributed by atoms with Gasteiger partial charge in [0, 0.05) is 0 Å². The summed E-state index contributed by atoms with van der Waals surface area (Å²) in [4.78, 5) is 0. The summed E-state index contributed by atoms with van der Waals surface area (Å²) in [5, 5.41) is 0. The zero-order chi connectivity index (χ0) is 11.5. The maximum atomic E-state index is 2.22. The van der Waals surface area contributed by atoms with Gasteiger partial charge in [0.25, 0.3) is 0 Å². The van der Waals surface area contributed by atoms with Crippen molar-refractivity contribution < 1.29 is 24.2 Å². The molecule has 0 saturated carbocycles. The molecule has 0 radical (unpaired) electrons. The van der Waals surface area contributed by atoms with Gasteiger partial charge in [-0.15, -0.1) is 0 Å². The summed E-state index contributed by atoms with van der Waals surface area (Å²) in [6, 6.07) is 17.2. The van der Waals surface area contributed by atoms with Gasteiger partial charge in [-0.3, -0.25) is 0 Å². The number of aryl methyl sites for hydroxylation is 1. The first-order chi connectivity index (χ1) is 7.70. The molecule has 0 spiro atoms. The van der Waals surface area contributed by atoms with Crippen LogP contribution < -0.4 is 0 Å². The predicted molar refractivity (Wildman–Crippen MR) is 65.6 cm³/mol. The van der Waals surface area contributed by atoms with Crippen molar-refractivity contribution in [2.24, 2.45) is 0 Å². The molecule has 0 fully saturated rings. The fourth-order valence-corrected chi connectivity index (χ4v) is 2.86. The van der Waals surface area contributed by atoms with Gasteiger partial charge in [0.2, 0.25) is 0 Å². The van der Waals surface area contributed by atoms with Crippen molar-refractivity contribution in [1.82, 2.24) is 0 Å². The SMILES string of the molecule is Cc1cccc([C](=[Zr+2])c2ccccc2)c1C. The summed E-state index contributed by atoms with van der Waals surface area (Å²) in [5.41, 5.74) is 5.50. The van der Waals surface area contributed by atoms with E-state index in [2.05, 4.69) is 62.4 Å². The van der Waals surface area contributed by atoms with E-state index in [0.29, 0.717) is 0 Å². The molecule has 0 amide bonds. The summed E-state index contributed by atoms with van der Waals surface area (Å²) >= 11 is 1.47. The van der Waals surface area contributed by atoms with Gasteiger partial charge in [-0.2, -0.15) is 0 Å². The molecule has 0 N–H and O–H groups in total. The van der Waals surface area contributed by atoms with Gasteiger partial charge in [0.1, 0.15) is 0 Å². The van der Waals surface area contributed by atoms with Gasteiger partial charge < -0.3 is 0 Å². The third-order valence-corrected chi connectivity index (χ3v) is 4.31. The third kappa shape index (κ3) is 2.30. The zero-order valence-corrected chi connectivity index (χ0v) is 12.1. The molecule has 0 aliphatic heterocycles. The van der Waals surface area contributed by atoms with E-state index >= 15 is 0 Å². The Labute approximate surface area is 112 Å². The van der Waals surface area contributed by atoms with Gasteiger partial charge in [-0.05, 0) is 0 Å². The molecule has 0 aliphatic rings. The van der Waals surface area contributed by atoms with E-state index in [0.717, 1.165) is 0 Å². The van der Waals surface area contributed by atoms with E-state index in [1.54, 1.807) is 0 Å². The van der Waals surface area contributed by atoms with Crippen molar-refractivity contribution in [3.63, 3.8) is 0 Å². The summed E-state index contributed by atoms with van der Waals surface area (Å²) in [5.74, 6) is 0. The monoisotopic (exact) mass is 284 g/mol. The van der Waals surface area contributed by atoms with E-state index in [9.17, 15) is 0 Å². The number of hydrogen-bond donors (Lipinski definition) is 0. The Morgan fingerprint density at radius 3 is 2.25 bits per heavy atom. The van der Waals surface area contributed by atoms with Crippen molar-refractivity contribution in [2.45, 2.75) is 13.8 Å². The van der Waals surface area contributed by atoms with Crippen LogP contribution >= 0.6 is 0 Å². The van der Waals surface area contributed by atoms with E-state index in [-0.39, 0.29) is 0 Å². The number of hydrogen-bond acceptors (Lipinski definition) is 0. The van der Waals surface area contributed by atoms with Gasteiger partial charge in [-0.25, -0.2) is 0 Å². The standard InChI is InChI=1S/C15H14.Zr/c1-12-7-6-10-15(13(12)2)11-14-8-4-3-5-9-14;/h3-10H,1-2H3;/q;+2. The van der Waals surface area contributed by atoms with Gasteiger partial charge in [0.05, 0.1) is 0 Å². The molecule has 76 valence electrons.